The molecule has 2 aromatic carbocycles. The van der Waals surface area contributed by atoms with Crippen molar-refractivity contribution >= 4 is 17.2 Å². The fraction of sp³-hybridized carbons (Fsp3) is 0.318. The monoisotopic (exact) mass is 332 g/mol. The summed E-state index contributed by atoms with van der Waals surface area (Å²) in [4.78, 5) is 14.5. The van der Waals surface area contributed by atoms with E-state index in [-0.39, 0.29) is 5.91 Å². The maximum absolute atomic E-state index is 12.0. The van der Waals surface area contributed by atoms with Crippen molar-refractivity contribution in [2.45, 2.75) is 32.2 Å². The molecule has 1 saturated heterocycles. The number of amides is 1. The molecule has 25 heavy (non-hydrogen) atoms. The van der Waals surface area contributed by atoms with Crippen molar-refractivity contribution in [2.24, 2.45) is 0 Å². The van der Waals surface area contributed by atoms with Crippen LogP contribution >= 0.6 is 0 Å². The third kappa shape index (κ3) is 3.24. The van der Waals surface area contributed by atoms with E-state index < -0.39 is 0 Å². The van der Waals surface area contributed by atoms with E-state index in [0.717, 1.165) is 36.5 Å². The predicted molar refractivity (Wildman–Crippen MR) is 102 cm³/mol. The van der Waals surface area contributed by atoms with Gasteiger partial charge in [-0.15, -0.1) is 0 Å². The molecule has 0 unspecified atom stereocenters. The highest BCUT2D eigenvalue weighted by atomic mass is 16.2. The van der Waals surface area contributed by atoms with Gasteiger partial charge >= 0.3 is 0 Å². The van der Waals surface area contributed by atoms with Crippen molar-refractivity contribution in [3.8, 4) is 0 Å². The number of anilines is 1. The van der Waals surface area contributed by atoms with E-state index in [2.05, 4.69) is 58.7 Å². The normalized spacial score (nSPS) is 19.9. The van der Waals surface area contributed by atoms with Gasteiger partial charge in [0, 0.05) is 23.4 Å². The molecule has 0 atom stereocenters. The Kier molecular flexibility index (Phi) is 4.41. The van der Waals surface area contributed by atoms with E-state index in [1.807, 2.05) is 13.0 Å². The Morgan fingerprint density at radius 2 is 1.88 bits per heavy atom. The summed E-state index contributed by atoms with van der Waals surface area (Å²) < 4.78 is 0. The number of hydrogen-bond acceptors (Lipinski definition) is 2. The summed E-state index contributed by atoms with van der Waals surface area (Å²) in [6, 6.07) is 17.2. The molecule has 2 aromatic rings. The number of nitrogens with zero attached hydrogens (tertiary/aromatic N) is 1. The van der Waals surface area contributed by atoms with E-state index in [9.17, 15) is 4.79 Å². The third-order valence-corrected chi connectivity index (χ3v) is 5.42. The van der Waals surface area contributed by atoms with E-state index in [4.69, 9.17) is 0 Å². The van der Waals surface area contributed by atoms with Gasteiger partial charge < -0.3 is 5.32 Å². The summed E-state index contributed by atoms with van der Waals surface area (Å²) in [5.74, 6) is 0.608. The largest absolute Gasteiger partial charge is 0.321 e. The number of likely N-dealkylation sites (tertiary alicyclic amines) is 1. The van der Waals surface area contributed by atoms with Gasteiger partial charge in [0.25, 0.3) is 5.91 Å². The Labute approximate surface area is 149 Å². The summed E-state index contributed by atoms with van der Waals surface area (Å²) in [6.45, 7) is 5.21. The topological polar surface area (TPSA) is 32.3 Å². The highest BCUT2D eigenvalue weighted by Gasteiger charge is 2.26. The number of carbonyl (C=O) groups excluding carboxylic acids is 1. The number of piperidine rings is 1. The number of carbonyl (C=O) groups is 1. The molecule has 3 nitrogen and oxygen atoms in total. The van der Waals surface area contributed by atoms with Gasteiger partial charge in [-0.05, 0) is 56.0 Å². The van der Waals surface area contributed by atoms with Gasteiger partial charge in [-0.2, -0.15) is 0 Å². The number of nitrogens with one attached hydrogen (secondary N) is 1. The van der Waals surface area contributed by atoms with Gasteiger partial charge in [0.15, 0.2) is 0 Å². The SMILES string of the molecule is CC=C1C(=O)Nc2cc(C3CCN(Cc4ccccc4)CC3)ccc21. The molecule has 1 N–H and O–H groups in total. The fourth-order valence-corrected chi connectivity index (χ4v) is 4.02. The van der Waals surface area contributed by atoms with Crippen molar-refractivity contribution in [1.29, 1.82) is 0 Å². The molecular formula is C22H24N2O. The van der Waals surface area contributed by atoms with Gasteiger partial charge in [-0.25, -0.2) is 0 Å². The van der Waals surface area contributed by atoms with E-state index >= 15 is 0 Å². The molecular weight excluding hydrogens is 308 g/mol. The van der Waals surface area contributed by atoms with E-state index in [1.54, 1.807) is 0 Å². The Balaban J connectivity index is 1.42. The molecule has 1 fully saturated rings. The van der Waals surface area contributed by atoms with Crippen LogP contribution in [0.3, 0.4) is 0 Å². The number of allylic oxidation sites excluding steroid dienone is 1. The van der Waals surface area contributed by atoms with Gasteiger partial charge in [0.2, 0.25) is 0 Å². The van der Waals surface area contributed by atoms with Crippen LogP contribution in [0.25, 0.3) is 5.57 Å². The average molecular weight is 332 g/mol. The first-order valence-electron chi connectivity index (χ1n) is 9.13. The molecule has 0 radical (unpaired) electrons. The van der Waals surface area contributed by atoms with Gasteiger partial charge in [0.1, 0.15) is 0 Å². The van der Waals surface area contributed by atoms with Crippen molar-refractivity contribution in [2.75, 3.05) is 18.4 Å². The molecule has 0 aromatic heterocycles. The quantitative estimate of drug-likeness (QED) is 0.844. The number of hydrogen-bond donors (Lipinski definition) is 1. The maximum atomic E-state index is 12.0. The first-order chi connectivity index (χ1) is 12.2. The van der Waals surface area contributed by atoms with Crippen molar-refractivity contribution in [3.05, 3.63) is 71.3 Å². The van der Waals surface area contributed by atoms with Gasteiger partial charge in [-0.3, -0.25) is 9.69 Å². The first-order valence-corrected chi connectivity index (χ1v) is 9.13. The molecule has 0 spiro atoms. The number of benzene rings is 2. The lowest BCUT2D eigenvalue weighted by Crippen LogP contribution is -2.32. The molecule has 128 valence electrons. The lowest BCUT2D eigenvalue weighted by atomic mass is 9.88. The number of fused-ring (bicyclic) bond motifs is 1. The van der Waals surface area contributed by atoms with E-state index in [0.29, 0.717) is 5.92 Å². The van der Waals surface area contributed by atoms with Gasteiger partial charge in [-0.1, -0.05) is 48.5 Å². The zero-order valence-electron chi connectivity index (χ0n) is 14.7. The fourth-order valence-electron chi connectivity index (χ4n) is 4.02. The van der Waals surface area contributed by atoms with Crippen LogP contribution in [-0.4, -0.2) is 23.9 Å². The van der Waals surface area contributed by atoms with Crippen LogP contribution in [0.2, 0.25) is 0 Å². The van der Waals surface area contributed by atoms with Crippen LogP contribution in [0.4, 0.5) is 5.69 Å². The standard InChI is InChI=1S/C22H24N2O/c1-2-19-20-9-8-18(14-21(20)23-22(19)25)17-10-12-24(13-11-17)15-16-6-4-3-5-7-16/h2-9,14,17H,10-13,15H2,1H3,(H,23,25). The Morgan fingerprint density at radius 1 is 1.12 bits per heavy atom. The summed E-state index contributed by atoms with van der Waals surface area (Å²) in [5, 5.41) is 3.00. The van der Waals surface area contributed by atoms with Crippen LogP contribution in [0.15, 0.2) is 54.6 Å². The Morgan fingerprint density at radius 3 is 2.60 bits per heavy atom. The number of rotatable bonds is 3. The van der Waals surface area contributed by atoms with Crippen LogP contribution in [0, 0.1) is 0 Å². The van der Waals surface area contributed by atoms with Crippen molar-refractivity contribution < 1.29 is 4.79 Å². The van der Waals surface area contributed by atoms with Gasteiger partial charge in [0.05, 0.1) is 0 Å². The zero-order chi connectivity index (χ0) is 17.2. The zero-order valence-corrected chi connectivity index (χ0v) is 14.7. The summed E-state index contributed by atoms with van der Waals surface area (Å²) in [5.41, 5.74) is 5.55. The minimum Gasteiger partial charge on any atom is -0.321 e. The third-order valence-electron chi connectivity index (χ3n) is 5.42. The summed E-state index contributed by atoms with van der Waals surface area (Å²) in [6.07, 6.45) is 4.25. The average Bonchev–Trinajstić information content (AvgIpc) is 2.97. The lowest BCUT2D eigenvalue weighted by Gasteiger charge is -2.32. The molecule has 0 bridgehead atoms. The van der Waals surface area contributed by atoms with E-state index in [1.165, 1.54) is 24.0 Å². The smallest absolute Gasteiger partial charge is 0.256 e. The second-order valence-electron chi connectivity index (χ2n) is 7.00. The molecule has 2 aliphatic rings. The molecule has 3 heteroatoms. The molecule has 1 amide bonds. The highest BCUT2D eigenvalue weighted by molar-refractivity contribution is 6.31. The predicted octanol–water partition coefficient (Wildman–Crippen LogP) is 4.42. The summed E-state index contributed by atoms with van der Waals surface area (Å²) in [7, 11) is 0. The maximum Gasteiger partial charge on any atom is 0.256 e. The second-order valence-corrected chi connectivity index (χ2v) is 7.00. The molecule has 2 aliphatic heterocycles. The molecule has 0 aliphatic carbocycles. The van der Waals surface area contributed by atoms with Crippen LogP contribution in [0.1, 0.15) is 42.4 Å². The second kappa shape index (κ2) is 6.85. The van der Waals surface area contributed by atoms with Crippen molar-refractivity contribution in [3.63, 3.8) is 0 Å². The van der Waals surface area contributed by atoms with Crippen LogP contribution in [0.5, 0.6) is 0 Å². The molecule has 2 heterocycles. The van der Waals surface area contributed by atoms with Crippen molar-refractivity contribution in [1.82, 2.24) is 4.90 Å². The first kappa shape index (κ1) is 16.1. The minimum absolute atomic E-state index is 0.0207. The highest BCUT2D eigenvalue weighted by Crippen LogP contribution is 2.36. The molecule has 4 rings (SSSR count). The molecule has 0 saturated carbocycles. The van der Waals surface area contributed by atoms with Crippen LogP contribution in [-0.2, 0) is 11.3 Å². The summed E-state index contributed by atoms with van der Waals surface area (Å²) >= 11 is 0. The van der Waals surface area contributed by atoms with Crippen LogP contribution < -0.4 is 5.32 Å². The minimum atomic E-state index is 0.0207. The lowest BCUT2D eigenvalue weighted by molar-refractivity contribution is -0.110. The Hall–Kier alpha value is -2.39. The Bertz CT molecular complexity index is 802.